The highest BCUT2D eigenvalue weighted by Gasteiger charge is 2.30. The zero-order chi connectivity index (χ0) is 14.9. The molecule has 0 aromatic carbocycles. The molecule has 112 valence electrons. The number of nitrogens with zero attached hydrogens (tertiary/aromatic N) is 2. The molecule has 0 spiro atoms. The zero-order valence-corrected chi connectivity index (χ0v) is 13.5. The van der Waals surface area contributed by atoms with Gasteiger partial charge in [-0.2, -0.15) is 0 Å². The van der Waals surface area contributed by atoms with Crippen LogP contribution in [0.3, 0.4) is 0 Å². The van der Waals surface area contributed by atoms with Gasteiger partial charge in [-0.05, 0) is 24.7 Å². The molecule has 1 atom stereocenters. The van der Waals surface area contributed by atoms with Crippen LogP contribution in [-0.4, -0.2) is 26.4 Å². The molecule has 0 aliphatic heterocycles. The first-order valence-electron chi connectivity index (χ1n) is 7.19. The molecule has 4 nitrogen and oxygen atoms in total. The van der Waals surface area contributed by atoms with E-state index in [1.807, 2.05) is 6.20 Å². The highest BCUT2D eigenvalue weighted by molar-refractivity contribution is 7.99. The Balaban J connectivity index is 2.21. The molecule has 1 aliphatic carbocycles. The summed E-state index contributed by atoms with van der Waals surface area (Å²) >= 11 is 1.32. The van der Waals surface area contributed by atoms with Gasteiger partial charge in [0.15, 0.2) is 5.16 Å². The Morgan fingerprint density at radius 3 is 2.70 bits per heavy atom. The third-order valence-corrected chi connectivity index (χ3v) is 4.78. The van der Waals surface area contributed by atoms with Gasteiger partial charge in [0, 0.05) is 23.9 Å². The van der Waals surface area contributed by atoms with Crippen molar-refractivity contribution in [1.29, 1.82) is 0 Å². The number of carboxylic acid groups (broad SMARTS) is 1. The van der Waals surface area contributed by atoms with Crippen LogP contribution >= 0.6 is 11.8 Å². The fourth-order valence-corrected chi connectivity index (χ4v) is 3.19. The number of aromatic nitrogens is 2. The van der Waals surface area contributed by atoms with Crippen LogP contribution in [0, 0.1) is 11.8 Å². The lowest BCUT2D eigenvalue weighted by Gasteiger charge is -2.23. The molecular weight excluding hydrogens is 272 g/mol. The average Bonchev–Trinajstić information content (AvgIpc) is 3.08. The fraction of sp³-hybridized carbons (Fsp3) is 0.733. The molecule has 1 heterocycles. The molecule has 1 aromatic rings. The summed E-state index contributed by atoms with van der Waals surface area (Å²) in [6.45, 7) is 9.75. The topological polar surface area (TPSA) is 55.1 Å². The van der Waals surface area contributed by atoms with Crippen molar-refractivity contribution < 1.29 is 9.90 Å². The second-order valence-electron chi connectivity index (χ2n) is 6.78. The first kappa shape index (κ1) is 15.4. The van der Waals surface area contributed by atoms with E-state index in [1.54, 1.807) is 0 Å². The van der Waals surface area contributed by atoms with Crippen LogP contribution in [0.2, 0.25) is 0 Å². The molecule has 1 fully saturated rings. The van der Waals surface area contributed by atoms with Gasteiger partial charge in [-0.3, -0.25) is 4.79 Å². The largest absolute Gasteiger partial charge is 0.481 e. The highest BCUT2D eigenvalue weighted by Crippen LogP contribution is 2.38. The van der Waals surface area contributed by atoms with Crippen LogP contribution in [0.4, 0.5) is 0 Å². The minimum absolute atomic E-state index is 0.0261. The van der Waals surface area contributed by atoms with Gasteiger partial charge in [-0.1, -0.05) is 39.5 Å². The van der Waals surface area contributed by atoms with E-state index >= 15 is 0 Å². The lowest BCUT2D eigenvalue weighted by molar-refractivity contribution is -0.133. The van der Waals surface area contributed by atoms with Crippen molar-refractivity contribution in [2.75, 3.05) is 5.75 Å². The smallest absolute Gasteiger partial charge is 0.313 e. The van der Waals surface area contributed by atoms with Crippen molar-refractivity contribution in [3.05, 3.63) is 11.9 Å². The summed E-state index contributed by atoms with van der Waals surface area (Å²) in [6, 6.07) is 0. The molecule has 1 aromatic heterocycles. The average molecular weight is 296 g/mol. The van der Waals surface area contributed by atoms with Gasteiger partial charge in [-0.25, -0.2) is 4.98 Å². The molecule has 0 bridgehead atoms. The van der Waals surface area contributed by atoms with Crippen LogP contribution in [0.5, 0.6) is 0 Å². The maximum atomic E-state index is 10.8. The number of carbonyl (C=O) groups is 1. The van der Waals surface area contributed by atoms with Crippen LogP contribution in [0.1, 0.15) is 46.2 Å². The number of imidazole rings is 1. The summed E-state index contributed by atoms with van der Waals surface area (Å²) in [5.74, 6) is 0.743. The minimum Gasteiger partial charge on any atom is -0.481 e. The number of hydrogen-bond acceptors (Lipinski definition) is 3. The summed E-state index contributed by atoms with van der Waals surface area (Å²) in [5, 5.41) is 9.69. The molecule has 1 unspecified atom stereocenters. The molecule has 5 heteroatoms. The van der Waals surface area contributed by atoms with Gasteiger partial charge in [0.25, 0.3) is 0 Å². The first-order valence-corrected chi connectivity index (χ1v) is 8.18. The van der Waals surface area contributed by atoms with E-state index in [2.05, 4.69) is 37.2 Å². The van der Waals surface area contributed by atoms with Crippen molar-refractivity contribution >= 4 is 17.7 Å². The summed E-state index contributed by atoms with van der Waals surface area (Å²) < 4.78 is 2.23. The Hall–Kier alpha value is -0.970. The number of carboxylic acids is 1. The lowest BCUT2D eigenvalue weighted by Crippen LogP contribution is -2.21. The monoisotopic (exact) mass is 296 g/mol. The fourth-order valence-electron chi connectivity index (χ4n) is 2.48. The lowest BCUT2D eigenvalue weighted by atomic mass is 9.92. The van der Waals surface area contributed by atoms with Crippen molar-refractivity contribution in [1.82, 2.24) is 9.55 Å². The maximum absolute atomic E-state index is 10.8. The Labute approximate surface area is 125 Å². The van der Waals surface area contributed by atoms with Gasteiger partial charge < -0.3 is 9.67 Å². The Morgan fingerprint density at radius 2 is 2.20 bits per heavy atom. The van der Waals surface area contributed by atoms with Gasteiger partial charge in [0.05, 0.1) is 5.75 Å². The van der Waals surface area contributed by atoms with Crippen LogP contribution < -0.4 is 0 Å². The van der Waals surface area contributed by atoms with E-state index in [0.717, 1.165) is 17.6 Å². The normalized spacial score (nSPS) is 17.2. The third kappa shape index (κ3) is 3.78. The third-order valence-electron chi connectivity index (χ3n) is 3.81. The molecule has 1 saturated carbocycles. The summed E-state index contributed by atoms with van der Waals surface area (Å²) in [6.07, 6.45) is 4.57. The molecule has 2 rings (SSSR count). The van der Waals surface area contributed by atoms with E-state index in [1.165, 1.54) is 30.3 Å². The van der Waals surface area contributed by atoms with Crippen LogP contribution in [0.15, 0.2) is 11.4 Å². The summed E-state index contributed by atoms with van der Waals surface area (Å²) in [7, 11) is 0. The van der Waals surface area contributed by atoms with Crippen molar-refractivity contribution in [2.24, 2.45) is 11.8 Å². The predicted octanol–water partition coefficient (Wildman–Crippen LogP) is 3.40. The van der Waals surface area contributed by atoms with Gasteiger partial charge >= 0.3 is 5.97 Å². The van der Waals surface area contributed by atoms with Gasteiger partial charge in [-0.15, -0.1) is 0 Å². The molecule has 20 heavy (non-hydrogen) atoms. The Kier molecular flexibility index (Phi) is 4.47. The first-order chi connectivity index (χ1) is 9.29. The van der Waals surface area contributed by atoms with E-state index in [-0.39, 0.29) is 11.2 Å². The van der Waals surface area contributed by atoms with E-state index in [0.29, 0.717) is 5.92 Å². The molecular formula is C15H24N2O2S. The number of rotatable bonds is 6. The second kappa shape index (κ2) is 5.80. The van der Waals surface area contributed by atoms with Crippen molar-refractivity contribution in [3.8, 4) is 0 Å². The zero-order valence-electron chi connectivity index (χ0n) is 12.7. The molecule has 0 radical (unpaired) electrons. The molecule has 1 N–H and O–H groups in total. The SMILES string of the molecule is CC(Cn1c(C(C)(C)C)cnc1SCC(=O)O)C1CC1. The maximum Gasteiger partial charge on any atom is 0.313 e. The van der Waals surface area contributed by atoms with Crippen LogP contribution in [0.25, 0.3) is 0 Å². The molecule has 1 aliphatic rings. The van der Waals surface area contributed by atoms with Gasteiger partial charge in [0.1, 0.15) is 0 Å². The summed E-state index contributed by atoms with van der Waals surface area (Å²) in [5.41, 5.74) is 1.22. The Bertz CT molecular complexity index is 487. The minimum atomic E-state index is -0.794. The predicted molar refractivity (Wildman–Crippen MR) is 81.2 cm³/mol. The van der Waals surface area contributed by atoms with Crippen LogP contribution in [-0.2, 0) is 16.8 Å². The molecule has 0 saturated heterocycles. The summed E-state index contributed by atoms with van der Waals surface area (Å²) in [4.78, 5) is 15.2. The number of thioether (sulfide) groups is 1. The number of aliphatic carboxylic acids is 1. The van der Waals surface area contributed by atoms with E-state index < -0.39 is 5.97 Å². The molecule has 0 amide bonds. The standard InChI is InChI=1S/C15H24N2O2S/c1-10(11-5-6-11)8-17-12(15(2,3)4)7-16-14(17)20-9-13(18)19/h7,10-11H,5-6,8-9H2,1-4H3,(H,18,19). The van der Waals surface area contributed by atoms with E-state index in [9.17, 15) is 4.79 Å². The van der Waals surface area contributed by atoms with Gasteiger partial charge in [0.2, 0.25) is 0 Å². The van der Waals surface area contributed by atoms with Crippen molar-refractivity contribution in [2.45, 2.75) is 57.7 Å². The Morgan fingerprint density at radius 1 is 1.55 bits per heavy atom. The quantitative estimate of drug-likeness (QED) is 0.817. The number of hydrogen-bond donors (Lipinski definition) is 1. The highest BCUT2D eigenvalue weighted by atomic mass is 32.2. The van der Waals surface area contributed by atoms with E-state index in [4.69, 9.17) is 5.11 Å². The van der Waals surface area contributed by atoms with Crippen molar-refractivity contribution in [3.63, 3.8) is 0 Å². The second-order valence-corrected chi connectivity index (χ2v) is 7.73.